The summed E-state index contributed by atoms with van der Waals surface area (Å²) in [6.45, 7) is 0. The lowest BCUT2D eigenvalue weighted by Crippen LogP contribution is -2.16. The molecule has 102 valence electrons. The number of ether oxygens (including phenoxy) is 1. The third-order valence-electron chi connectivity index (χ3n) is 2.35. The lowest BCUT2D eigenvalue weighted by Gasteiger charge is -2.06. The van der Waals surface area contributed by atoms with Gasteiger partial charge in [0.15, 0.2) is 0 Å². The van der Waals surface area contributed by atoms with Crippen LogP contribution < -0.4 is 10.1 Å². The Bertz CT molecular complexity index is 626. The van der Waals surface area contributed by atoms with E-state index in [-0.39, 0.29) is 11.4 Å². The molecule has 0 aliphatic rings. The first-order valence-electron chi connectivity index (χ1n) is 5.53. The Morgan fingerprint density at radius 2 is 1.70 bits per heavy atom. The van der Waals surface area contributed by atoms with Gasteiger partial charge in [-0.3, -0.25) is 15.4 Å². The van der Waals surface area contributed by atoms with Crippen LogP contribution in [0.2, 0.25) is 0 Å². The summed E-state index contributed by atoms with van der Waals surface area (Å²) in [7, 11) is 0. The van der Waals surface area contributed by atoms with Crippen LogP contribution in [0.25, 0.3) is 0 Å². The number of benzene rings is 2. The number of hydrogen-bond donors (Lipinski definition) is 1. The maximum absolute atomic E-state index is 11.6. The summed E-state index contributed by atoms with van der Waals surface area (Å²) in [4.78, 5) is 21.6. The Hall–Kier alpha value is -2.41. The number of carbonyl (C=O) groups excluding carboxylic acids is 1. The Morgan fingerprint density at radius 3 is 2.25 bits per heavy atom. The molecule has 1 N–H and O–H groups in total. The highest BCUT2D eigenvalue weighted by Gasteiger charge is 2.08. The van der Waals surface area contributed by atoms with Crippen LogP contribution in [0.3, 0.4) is 0 Å². The van der Waals surface area contributed by atoms with Crippen molar-refractivity contribution in [1.82, 2.24) is 0 Å². The van der Waals surface area contributed by atoms with Crippen molar-refractivity contribution in [1.29, 1.82) is 0 Å². The van der Waals surface area contributed by atoms with Gasteiger partial charge in [0.2, 0.25) is 0 Å². The molecule has 0 fully saturated rings. The van der Waals surface area contributed by atoms with Crippen LogP contribution >= 0.6 is 15.9 Å². The highest BCUT2D eigenvalue weighted by Crippen LogP contribution is 2.18. The monoisotopic (exact) mass is 336 g/mol. The fraction of sp³-hybridized carbons (Fsp3) is 0. The fourth-order valence-corrected chi connectivity index (χ4v) is 1.68. The third kappa shape index (κ3) is 3.79. The Balaban J connectivity index is 1.97. The molecular formula is C13H9BrN2O4. The van der Waals surface area contributed by atoms with Crippen LogP contribution in [0, 0.1) is 10.1 Å². The molecule has 0 saturated heterocycles. The van der Waals surface area contributed by atoms with Crippen LogP contribution in [0.5, 0.6) is 5.75 Å². The average Bonchev–Trinajstić information content (AvgIpc) is 2.42. The largest absolute Gasteiger partial charge is 0.417 e. The number of nitrogens with one attached hydrogen (secondary N) is 1. The molecule has 0 aliphatic carbocycles. The average molecular weight is 337 g/mol. The Kier molecular flexibility index (Phi) is 4.31. The summed E-state index contributed by atoms with van der Waals surface area (Å²) in [5, 5.41) is 13.0. The molecule has 0 spiro atoms. The van der Waals surface area contributed by atoms with Gasteiger partial charge in [-0.1, -0.05) is 15.9 Å². The lowest BCUT2D eigenvalue weighted by molar-refractivity contribution is -0.384. The predicted octanol–water partition coefficient (Wildman–Crippen LogP) is 3.97. The Morgan fingerprint density at radius 1 is 1.10 bits per heavy atom. The van der Waals surface area contributed by atoms with Crippen LogP contribution in [-0.2, 0) is 0 Å². The van der Waals surface area contributed by atoms with E-state index in [0.29, 0.717) is 5.69 Å². The van der Waals surface area contributed by atoms with E-state index in [1.807, 2.05) is 0 Å². The zero-order chi connectivity index (χ0) is 14.5. The second-order valence-electron chi connectivity index (χ2n) is 3.77. The van der Waals surface area contributed by atoms with Gasteiger partial charge in [-0.2, -0.15) is 0 Å². The van der Waals surface area contributed by atoms with Gasteiger partial charge in [0.25, 0.3) is 5.69 Å². The summed E-state index contributed by atoms with van der Waals surface area (Å²) in [6, 6.07) is 12.2. The number of nitrogens with zero attached hydrogens (tertiary/aromatic N) is 1. The second-order valence-corrected chi connectivity index (χ2v) is 4.69. The highest BCUT2D eigenvalue weighted by atomic mass is 79.9. The molecule has 0 unspecified atom stereocenters. The van der Waals surface area contributed by atoms with Gasteiger partial charge in [-0.15, -0.1) is 0 Å². The number of amides is 1. The normalized spacial score (nSPS) is 9.85. The first kappa shape index (κ1) is 14.0. The minimum atomic E-state index is -0.666. The summed E-state index contributed by atoms with van der Waals surface area (Å²) >= 11 is 3.28. The van der Waals surface area contributed by atoms with Gasteiger partial charge < -0.3 is 4.74 Å². The molecule has 0 bridgehead atoms. The minimum Gasteiger partial charge on any atom is -0.410 e. The topological polar surface area (TPSA) is 81.5 Å². The maximum atomic E-state index is 11.6. The molecule has 20 heavy (non-hydrogen) atoms. The number of nitro benzene ring substituents is 1. The number of carbonyl (C=O) groups is 1. The molecule has 1 amide bonds. The fourth-order valence-electron chi connectivity index (χ4n) is 1.42. The Labute approximate surface area is 122 Å². The van der Waals surface area contributed by atoms with E-state index in [9.17, 15) is 14.9 Å². The van der Waals surface area contributed by atoms with E-state index >= 15 is 0 Å². The van der Waals surface area contributed by atoms with Gasteiger partial charge in [-0.05, 0) is 36.4 Å². The lowest BCUT2D eigenvalue weighted by atomic mass is 10.3. The molecule has 2 aromatic carbocycles. The van der Waals surface area contributed by atoms with Crippen molar-refractivity contribution >= 4 is 33.4 Å². The summed E-state index contributed by atoms with van der Waals surface area (Å²) < 4.78 is 5.89. The van der Waals surface area contributed by atoms with Gasteiger partial charge in [0.1, 0.15) is 5.75 Å². The van der Waals surface area contributed by atoms with Crippen LogP contribution in [0.4, 0.5) is 16.2 Å². The van der Waals surface area contributed by atoms with Crippen LogP contribution in [0.1, 0.15) is 0 Å². The number of anilines is 1. The van der Waals surface area contributed by atoms with Crippen LogP contribution in [0.15, 0.2) is 53.0 Å². The predicted molar refractivity (Wildman–Crippen MR) is 76.9 cm³/mol. The van der Waals surface area contributed by atoms with Gasteiger partial charge in [0.05, 0.1) is 4.92 Å². The first-order chi connectivity index (χ1) is 9.54. The van der Waals surface area contributed by atoms with Gasteiger partial charge >= 0.3 is 6.09 Å². The number of hydrogen-bond acceptors (Lipinski definition) is 4. The van der Waals surface area contributed by atoms with E-state index in [0.717, 1.165) is 4.47 Å². The molecule has 2 rings (SSSR count). The second kappa shape index (κ2) is 6.16. The molecular weight excluding hydrogens is 328 g/mol. The summed E-state index contributed by atoms with van der Waals surface area (Å²) in [5.41, 5.74) is 0.519. The van der Waals surface area contributed by atoms with E-state index in [1.165, 1.54) is 24.3 Å². The van der Waals surface area contributed by atoms with Crippen molar-refractivity contribution < 1.29 is 14.5 Å². The number of nitro groups is 1. The smallest absolute Gasteiger partial charge is 0.410 e. The van der Waals surface area contributed by atoms with Crippen molar-refractivity contribution in [2.75, 3.05) is 5.32 Å². The highest BCUT2D eigenvalue weighted by molar-refractivity contribution is 9.10. The molecule has 0 aliphatic heterocycles. The minimum absolute atomic E-state index is 0.0642. The molecule has 0 radical (unpaired) electrons. The standard InChI is InChI=1S/C13H9BrN2O4/c14-9-1-3-10(4-2-9)15-13(17)20-12-7-5-11(6-8-12)16(18)19/h1-8H,(H,15,17). The van der Waals surface area contributed by atoms with Crippen molar-refractivity contribution in [2.24, 2.45) is 0 Å². The van der Waals surface area contributed by atoms with E-state index in [1.54, 1.807) is 24.3 Å². The number of halogens is 1. The van der Waals surface area contributed by atoms with Crippen molar-refractivity contribution in [3.63, 3.8) is 0 Å². The summed E-state index contributed by atoms with van der Waals surface area (Å²) in [5.74, 6) is 0.227. The van der Waals surface area contributed by atoms with E-state index in [2.05, 4.69) is 21.2 Å². The quantitative estimate of drug-likeness (QED) is 0.679. The molecule has 0 atom stereocenters. The van der Waals surface area contributed by atoms with E-state index < -0.39 is 11.0 Å². The molecule has 0 saturated carbocycles. The first-order valence-corrected chi connectivity index (χ1v) is 6.33. The van der Waals surface area contributed by atoms with Crippen molar-refractivity contribution in [3.8, 4) is 5.75 Å². The zero-order valence-electron chi connectivity index (χ0n) is 10.1. The van der Waals surface area contributed by atoms with Gasteiger partial charge in [-0.25, -0.2) is 4.79 Å². The van der Waals surface area contributed by atoms with Crippen molar-refractivity contribution in [3.05, 3.63) is 63.1 Å². The molecule has 6 nitrogen and oxygen atoms in total. The number of non-ortho nitro benzene ring substituents is 1. The molecule has 0 heterocycles. The molecule has 7 heteroatoms. The van der Waals surface area contributed by atoms with Gasteiger partial charge in [0, 0.05) is 22.3 Å². The summed E-state index contributed by atoms with van der Waals surface area (Å²) in [6.07, 6.45) is -0.666. The zero-order valence-corrected chi connectivity index (χ0v) is 11.7. The SMILES string of the molecule is O=C(Nc1ccc(Br)cc1)Oc1ccc([N+](=O)[O-])cc1. The molecule has 0 aromatic heterocycles. The van der Waals surface area contributed by atoms with Crippen LogP contribution in [-0.4, -0.2) is 11.0 Å². The van der Waals surface area contributed by atoms with Crippen molar-refractivity contribution in [2.45, 2.75) is 0 Å². The molecule has 2 aromatic rings. The number of rotatable bonds is 3. The van der Waals surface area contributed by atoms with E-state index in [4.69, 9.17) is 4.74 Å². The maximum Gasteiger partial charge on any atom is 0.417 e. The third-order valence-corrected chi connectivity index (χ3v) is 2.88.